The second-order valence-corrected chi connectivity index (χ2v) is 5.79. The summed E-state index contributed by atoms with van der Waals surface area (Å²) in [6, 6.07) is 6.71. The summed E-state index contributed by atoms with van der Waals surface area (Å²) < 4.78 is 1.13. The molecule has 20 heavy (non-hydrogen) atoms. The number of hydrogen-bond acceptors (Lipinski definition) is 4. The van der Waals surface area contributed by atoms with E-state index < -0.39 is 6.03 Å². The summed E-state index contributed by atoms with van der Waals surface area (Å²) in [5.74, 6) is -0.379. The number of rotatable bonds is 4. The zero-order chi connectivity index (χ0) is 14.7. The first kappa shape index (κ1) is 14.4. The van der Waals surface area contributed by atoms with Crippen molar-refractivity contribution in [2.24, 2.45) is 5.73 Å². The third kappa shape index (κ3) is 3.31. The number of aromatic nitrogens is 1. The van der Waals surface area contributed by atoms with Crippen LogP contribution in [-0.4, -0.2) is 30.0 Å². The largest absolute Gasteiger partial charge is 0.351 e. The lowest BCUT2D eigenvalue weighted by Gasteiger charge is -2.19. The number of nitrogens with zero attached hydrogens (tertiary/aromatic N) is 1. The van der Waals surface area contributed by atoms with Gasteiger partial charge in [0.05, 0.1) is 17.3 Å². The van der Waals surface area contributed by atoms with E-state index >= 15 is 0 Å². The second-order valence-electron chi connectivity index (χ2n) is 4.67. The number of amides is 3. The minimum atomic E-state index is -0.824. The van der Waals surface area contributed by atoms with E-state index in [9.17, 15) is 9.59 Å². The Morgan fingerprint density at radius 2 is 2.15 bits per heavy atom. The highest BCUT2D eigenvalue weighted by Crippen LogP contribution is 2.20. The van der Waals surface area contributed by atoms with Crippen LogP contribution in [0.4, 0.5) is 4.79 Å². The summed E-state index contributed by atoms with van der Waals surface area (Å²) in [5, 5.41) is 3.06. The molecular formula is C13H17N4O2S+. The number of quaternary nitrogens is 1. The molecule has 1 unspecified atom stereocenters. The van der Waals surface area contributed by atoms with Crippen molar-refractivity contribution >= 4 is 33.5 Å². The van der Waals surface area contributed by atoms with E-state index in [-0.39, 0.29) is 11.9 Å². The van der Waals surface area contributed by atoms with E-state index in [1.807, 2.05) is 31.3 Å². The fraction of sp³-hybridized carbons (Fsp3) is 0.308. The summed E-state index contributed by atoms with van der Waals surface area (Å²) in [5.41, 5.74) is 5.91. The lowest BCUT2D eigenvalue weighted by molar-refractivity contribution is -0.908. The molecule has 3 amide bonds. The molecule has 1 aromatic heterocycles. The Morgan fingerprint density at radius 3 is 2.80 bits per heavy atom. The summed E-state index contributed by atoms with van der Waals surface area (Å²) >= 11 is 1.61. The van der Waals surface area contributed by atoms with Gasteiger partial charge < -0.3 is 10.6 Å². The highest BCUT2D eigenvalue weighted by atomic mass is 32.1. The van der Waals surface area contributed by atoms with E-state index in [2.05, 4.69) is 10.3 Å². The van der Waals surface area contributed by atoms with E-state index in [0.29, 0.717) is 6.54 Å². The van der Waals surface area contributed by atoms with Crippen LogP contribution in [0.5, 0.6) is 0 Å². The maximum absolute atomic E-state index is 11.7. The number of urea groups is 1. The third-order valence-electron chi connectivity index (χ3n) is 3.15. The molecule has 1 heterocycles. The van der Waals surface area contributed by atoms with Crippen LogP contribution in [-0.2, 0) is 11.3 Å². The lowest BCUT2D eigenvalue weighted by Crippen LogP contribution is -3.12. The normalized spacial score (nSPS) is 13.9. The monoisotopic (exact) mass is 293 g/mol. The molecular weight excluding hydrogens is 276 g/mol. The summed E-state index contributed by atoms with van der Waals surface area (Å²) in [6.07, 6.45) is 0. The van der Waals surface area contributed by atoms with Crippen molar-refractivity contribution in [3.05, 3.63) is 29.3 Å². The Bertz CT molecular complexity index is 607. The molecule has 7 heteroatoms. The van der Waals surface area contributed by atoms with Gasteiger partial charge in [-0.1, -0.05) is 12.1 Å². The number of likely N-dealkylation sites (N-methyl/N-ethyl adjacent to an activating group) is 1. The molecule has 2 aromatic rings. The minimum absolute atomic E-state index is 0.379. The van der Waals surface area contributed by atoms with Gasteiger partial charge in [0.2, 0.25) is 0 Å². The highest BCUT2D eigenvalue weighted by molar-refractivity contribution is 7.18. The van der Waals surface area contributed by atoms with Crippen LogP contribution in [0.2, 0.25) is 0 Å². The van der Waals surface area contributed by atoms with Gasteiger partial charge in [0.25, 0.3) is 5.91 Å². The van der Waals surface area contributed by atoms with Crippen molar-refractivity contribution in [1.82, 2.24) is 10.3 Å². The molecule has 0 saturated carbocycles. The Morgan fingerprint density at radius 1 is 1.45 bits per heavy atom. The van der Waals surface area contributed by atoms with Gasteiger partial charge in [0.15, 0.2) is 6.04 Å². The number of nitrogens with one attached hydrogen (secondary N) is 2. The van der Waals surface area contributed by atoms with Crippen molar-refractivity contribution in [1.29, 1.82) is 0 Å². The Hall–Kier alpha value is -1.99. The molecule has 0 fully saturated rings. The number of carbonyl (C=O) groups is 2. The fourth-order valence-electron chi connectivity index (χ4n) is 1.84. The van der Waals surface area contributed by atoms with Gasteiger partial charge >= 0.3 is 6.03 Å². The van der Waals surface area contributed by atoms with Gasteiger partial charge in [-0.25, -0.2) is 9.78 Å². The van der Waals surface area contributed by atoms with E-state index in [1.165, 1.54) is 0 Å². The lowest BCUT2D eigenvalue weighted by atomic mass is 10.3. The molecule has 0 spiro atoms. The fourth-order valence-corrected chi connectivity index (χ4v) is 2.90. The predicted octanol–water partition coefficient (Wildman–Crippen LogP) is -0.106. The van der Waals surface area contributed by atoms with Crippen molar-refractivity contribution in [3.8, 4) is 0 Å². The molecule has 0 saturated heterocycles. The molecule has 0 bridgehead atoms. The van der Waals surface area contributed by atoms with Gasteiger partial charge in [-0.15, -0.1) is 11.3 Å². The standard InChI is InChI=1S/C13H16N4O2S/c1-8(12(18)16-13(14)19)17(2)7-11-15-9-5-3-4-6-10(9)20-11/h3-6,8H,7H2,1-2H3,(H3,14,16,18,19)/p+1/t8-/m1/s1. The van der Waals surface area contributed by atoms with Crippen LogP contribution >= 0.6 is 11.3 Å². The molecule has 0 radical (unpaired) electrons. The second kappa shape index (κ2) is 5.98. The number of fused-ring (bicyclic) bond motifs is 1. The average Bonchev–Trinajstić information content (AvgIpc) is 2.78. The van der Waals surface area contributed by atoms with Crippen LogP contribution in [0.15, 0.2) is 24.3 Å². The molecule has 106 valence electrons. The number of hydrogen-bond donors (Lipinski definition) is 3. The van der Waals surface area contributed by atoms with Gasteiger partial charge in [0.1, 0.15) is 11.6 Å². The number of primary amides is 1. The quantitative estimate of drug-likeness (QED) is 0.735. The first-order valence-electron chi connectivity index (χ1n) is 6.24. The SMILES string of the molecule is C[C@H](C(=O)NC(N)=O)[NH+](C)Cc1nc2ccccc2s1. The Kier molecular flexibility index (Phi) is 4.31. The van der Waals surface area contributed by atoms with Crippen molar-refractivity contribution < 1.29 is 14.5 Å². The van der Waals surface area contributed by atoms with Crippen LogP contribution in [0.25, 0.3) is 10.2 Å². The van der Waals surface area contributed by atoms with Gasteiger partial charge in [-0.2, -0.15) is 0 Å². The zero-order valence-corrected chi connectivity index (χ0v) is 12.2. The van der Waals surface area contributed by atoms with Crippen molar-refractivity contribution in [3.63, 3.8) is 0 Å². The van der Waals surface area contributed by atoms with Crippen molar-refractivity contribution in [2.45, 2.75) is 19.5 Å². The molecule has 2 rings (SSSR count). The Balaban J connectivity index is 2.05. The number of thiazole rings is 1. The minimum Gasteiger partial charge on any atom is -0.351 e. The average molecular weight is 293 g/mol. The van der Waals surface area contributed by atoms with Gasteiger partial charge in [-0.3, -0.25) is 10.1 Å². The topological polar surface area (TPSA) is 89.5 Å². The predicted molar refractivity (Wildman–Crippen MR) is 77.4 cm³/mol. The number of benzene rings is 1. The summed E-state index contributed by atoms with van der Waals surface area (Å²) in [7, 11) is 1.89. The molecule has 2 atom stereocenters. The number of imide groups is 1. The first-order valence-corrected chi connectivity index (χ1v) is 7.06. The molecule has 0 aliphatic heterocycles. The van der Waals surface area contributed by atoms with Crippen LogP contribution < -0.4 is 16.0 Å². The number of nitrogens with two attached hydrogens (primary N) is 1. The third-order valence-corrected chi connectivity index (χ3v) is 4.18. The maximum Gasteiger partial charge on any atom is 0.319 e. The Labute approximate surface area is 120 Å². The summed E-state index contributed by atoms with van der Waals surface area (Å²) in [4.78, 5) is 27.9. The van der Waals surface area contributed by atoms with Crippen LogP contribution in [0, 0.1) is 0 Å². The maximum atomic E-state index is 11.7. The van der Waals surface area contributed by atoms with Gasteiger partial charge in [-0.05, 0) is 19.1 Å². The van der Waals surface area contributed by atoms with E-state index in [4.69, 9.17) is 5.73 Å². The van der Waals surface area contributed by atoms with Gasteiger partial charge in [0, 0.05) is 0 Å². The number of carbonyl (C=O) groups excluding carboxylic acids is 2. The highest BCUT2D eigenvalue weighted by Gasteiger charge is 2.23. The molecule has 4 N–H and O–H groups in total. The first-order chi connectivity index (χ1) is 9.47. The van der Waals surface area contributed by atoms with Crippen molar-refractivity contribution in [2.75, 3.05) is 7.05 Å². The molecule has 6 nitrogen and oxygen atoms in total. The smallest absolute Gasteiger partial charge is 0.319 e. The molecule has 0 aliphatic rings. The molecule has 1 aromatic carbocycles. The van der Waals surface area contributed by atoms with E-state index in [1.54, 1.807) is 18.3 Å². The van der Waals surface area contributed by atoms with Crippen LogP contribution in [0.3, 0.4) is 0 Å². The molecule has 0 aliphatic carbocycles. The zero-order valence-electron chi connectivity index (χ0n) is 11.3. The number of para-hydroxylation sites is 1. The summed E-state index contributed by atoms with van der Waals surface area (Å²) in [6.45, 7) is 2.37. The van der Waals surface area contributed by atoms with E-state index in [0.717, 1.165) is 20.1 Å². The van der Waals surface area contributed by atoms with Crippen LogP contribution in [0.1, 0.15) is 11.9 Å².